The van der Waals surface area contributed by atoms with Gasteiger partial charge >= 0.3 is 150 Å². The van der Waals surface area contributed by atoms with Crippen LogP contribution in [0.4, 0.5) is 0.0835 Å². The van der Waals surface area contributed by atoms with E-state index in [2.05, 4.69) is 0 Å². The maximum absolute atomic E-state index is 12.5. The van der Waals surface area contributed by atoms with Gasteiger partial charge in [-0.1, -0.05) is 0 Å². The number of aromatic nitrogens is 1. The molecule has 0 saturated heterocycles. The summed E-state index contributed by atoms with van der Waals surface area (Å²) in [6.07, 6.45) is 3.03. The van der Waals surface area contributed by atoms with Crippen molar-refractivity contribution in [1.29, 1.82) is 0 Å². The van der Waals surface area contributed by atoms with Crippen molar-refractivity contribution in [2.24, 2.45) is 10.8 Å². The molecule has 0 atom stereocenters. The first-order chi connectivity index (χ1) is 10.1. The zero-order valence-corrected chi connectivity index (χ0v) is 14.4. The van der Waals surface area contributed by atoms with E-state index in [4.69, 9.17) is 9.57 Å². The molecule has 3 aliphatic rings. The zero-order chi connectivity index (χ0) is 15.1. The van der Waals surface area contributed by atoms with Gasteiger partial charge in [-0.25, -0.2) is 0 Å². The Balaban J connectivity index is 0.00000176. The van der Waals surface area contributed by atoms with E-state index in [9.17, 15) is 9.67 Å². The summed E-state index contributed by atoms with van der Waals surface area (Å²) in [7, 11) is 1.36. The Morgan fingerprint density at radius 1 is 1.27 bits per heavy atom. The molecule has 0 spiro atoms. The monoisotopic (exact) mass is 449 g/mol. The molecule has 0 N–H and O–H groups in total. The van der Waals surface area contributed by atoms with Crippen LogP contribution >= 0.6 is 4.06 Å². The average Bonchev–Trinajstić information content (AvgIpc) is 2.38. The summed E-state index contributed by atoms with van der Waals surface area (Å²) in [6.45, 7) is 0. The van der Waals surface area contributed by atoms with Gasteiger partial charge < -0.3 is 4.70 Å². The quantitative estimate of drug-likeness (QED) is 0.395. The molecule has 0 radical (unpaired) electrons. The fourth-order valence-electron chi connectivity index (χ4n) is 3.20. The van der Waals surface area contributed by atoms with Gasteiger partial charge in [0, 0.05) is 0 Å². The predicted molar refractivity (Wildman–Crippen MR) is 65.9 cm³/mol. The smallest absolute Gasteiger partial charge is 1.00 e. The topological polar surface area (TPSA) is 56.5 Å². The molecule has 22 heavy (non-hydrogen) atoms. The van der Waals surface area contributed by atoms with Crippen LogP contribution in [0.15, 0.2) is 29.4 Å². The van der Waals surface area contributed by atoms with Gasteiger partial charge in [0.05, 0.1) is 0 Å². The van der Waals surface area contributed by atoms with Gasteiger partial charge in [0.1, 0.15) is 0 Å². The summed E-state index contributed by atoms with van der Waals surface area (Å²) < 4.78 is 19.6. The van der Waals surface area contributed by atoms with Crippen LogP contribution in [0.1, 0.15) is 19.3 Å². The van der Waals surface area contributed by atoms with Crippen molar-refractivity contribution in [3.05, 3.63) is 24.4 Å². The van der Waals surface area contributed by atoms with Crippen molar-refractivity contribution < 1.29 is 71.6 Å². The Hall–Kier alpha value is -0.129. The molecule has 1 heterocycles. The summed E-state index contributed by atoms with van der Waals surface area (Å²) in [4.78, 5) is 29.2. The van der Waals surface area contributed by atoms with Crippen LogP contribution in [-0.2, 0) is 14.3 Å². The van der Waals surface area contributed by atoms with Crippen LogP contribution in [0.3, 0.4) is 0 Å². The Labute approximate surface area is 152 Å². The molecule has 3 saturated carbocycles. The Morgan fingerprint density at radius 3 is 2.50 bits per heavy atom. The maximum Gasteiger partial charge on any atom is -1.00 e. The van der Waals surface area contributed by atoms with Crippen molar-refractivity contribution in [2.45, 2.75) is 24.3 Å². The average molecular weight is 449 g/mol. The number of pyridine rings is 1. The second-order valence-corrected chi connectivity index (χ2v) is 8.29. The van der Waals surface area contributed by atoms with Crippen molar-refractivity contribution >= 4 is 16.0 Å². The third-order valence-corrected chi connectivity index (χ3v) is 6.40. The molecule has 1 aromatic rings. The van der Waals surface area contributed by atoms with Crippen LogP contribution in [0.2, 0.25) is 0 Å². The normalized spacial score (nSPS) is 27.9. The minimum atomic E-state index is -1.34. The molecule has 122 valence electrons. The van der Waals surface area contributed by atoms with Crippen LogP contribution in [0.5, 0.6) is 0 Å². The first-order valence-electron chi connectivity index (χ1n) is 6.28. The van der Waals surface area contributed by atoms with E-state index in [1.807, 2.05) is 0 Å². The SMILES string of the molecule is COC(=O)C12CC(C(=O)O[n+]3ccccc3S[Xe]F)(C1)C2.[F-]. The van der Waals surface area contributed by atoms with Crippen LogP contribution < -0.4 is 14.3 Å². The largest absolute Gasteiger partial charge is 1.00 e. The fraction of sp³-hybridized carbons (Fsp3) is 0.462. The van der Waals surface area contributed by atoms with E-state index in [-0.39, 0.29) is 16.6 Å². The second kappa shape index (κ2) is 6.78. The van der Waals surface area contributed by atoms with Crippen LogP contribution in [0.25, 0.3) is 0 Å². The van der Waals surface area contributed by atoms with E-state index in [0.29, 0.717) is 24.3 Å². The fourth-order valence-corrected chi connectivity index (χ4v) is 4.98. The van der Waals surface area contributed by atoms with Crippen molar-refractivity contribution in [1.82, 2.24) is 0 Å². The van der Waals surface area contributed by atoms with Crippen molar-refractivity contribution in [2.75, 3.05) is 7.11 Å². The number of hydrogen-bond donors (Lipinski definition) is 0. The molecule has 9 heteroatoms. The van der Waals surface area contributed by atoms with Gasteiger partial charge in [0.25, 0.3) is 0 Å². The Bertz CT molecular complexity index is 596. The van der Waals surface area contributed by atoms with E-state index in [0.717, 1.165) is 4.06 Å². The zero-order valence-electron chi connectivity index (χ0n) is 11.5. The Morgan fingerprint density at radius 2 is 1.91 bits per heavy atom. The first kappa shape index (κ1) is 18.2. The van der Waals surface area contributed by atoms with Crippen molar-refractivity contribution in [3.8, 4) is 0 Å². The molecular weight excluding hydrogens is 435 g/mol. The summed E-state index contributed by atoms with van der Waals surface area (Å²) in [5.74, 6) is -0.608. The molecule has 0 aromatic carbocycles. The molecule has 0 amide bonds. The third-order valence-electron chi connectivity index (χ3n) is 4.15. The summed E-state index contributed by atoms with van der Waals surface area (Å²) in [5.41, 5.74) is -1.04. The van der Waals surface area contributed by atoms with E-state index >= 15 is 0 Å². The standard InChI is InChI=1S/C13H13FNO4SXe.FH/c1-18-10(16)12-6-13(7-12,8-12)11(17)19-15-5-3-2-4-9(15)20-21-14;/h2-5H,6-8H2,1H3;1H/q+1;/p-1. The number of nitrogens with zero attached hydrogens (tertiary/aromatic N) is 1. The van der Waals surface area contributed by atoms with Gasteiger partial charge in [-0.3, -0.25) is 0 Å². The Kier molecular flexibility index (Phi) is 5.61. The molecule has 0 unspecified atom stereocenters. The van der Waals surface area contributed by atoms with Gasteiger partial charge in [-0.2, -0.15) is 0 Å². The molecular formula is C13H13F2NO4SXe. The first-order valence-corrected chi connectivity index (χ1v) is 10.2. The number of hydrogen-bond acceptors (Lipinski definition) is 5. The maximum atomic E-state index is 12.5. The third kappa shape index (κ3) is 2.85. The summed E-state index contributed by atoms with van der Waals surface area (Å²) >= 11 is -1.34. The molecule has 0 aliphatic heterocycles. The number of halogens is 2. The predicted octanol–water partition coefficient (Wildman–Crippen LogP) is -1.75. The summed E-state index contributed by atoms with van der Waals surface area (Å²) in [5, 5.41) is 0.556. The number of rotatable bonds is 5. The van der Waals surface area contributed by atoms with Gasteiger partial charge in [-0.05, 0) is 0 Å². The number of carbonyl (C=O) groups excluding carboxylic acids is 2. The van der Waals surface area contributed by atoms with Crippen LogP contribution in [-0.4, -0.2) is 19.0 Å². The molecule has 4 rings (SSSR count). The number of esters is 1. The molecule has 3 fully saturated rings. The minimum Gasteiger partial charge on any atom is -1.00 e. The molecule has 1 aromatic heterocycles. The molecule has 2 bridgehead atoms. The second-order valence-electron chi connectivity index (χ2n) is 5.45. The molecule has 3 aliphatic carbocycles. The van der Waals surface area contributed by atoms with E-state index in [1.165, 1.54) is 11.8 Å². The number of ether oxygens (including phenoxy) is 1. The van der Waals surface area contributed by atoms with Gasteiger partial charge in [0.2, 0.25) is 0 Å². The number of methoxy groups -OCH3 is 1. The van der Waals surface area contributed by atoms with E-state index in [1.54, 1.807) is 24.4 Å². The van der Waals surface area contributed by atoms with Gasteiger partial charge in [-0.15, -0.1) is 0 Å². The molecule has 5 nitrogen and oxygen atoms in total. The van der Waals surface area contributed by atoms with E-state index < -0.39 is 53.8 Å². The number of carbonyl (C=O) groups is 2. The minimum absolute atomic E-state index is 0. The van der Waals surface area contributed by atoms with Crippen molar-refractivity contribution in [3.63, 3.8) is 0 Å². The summed E-state index contributed by atoms with van der Waals surface area (Å²) in [6, 6.07) is 5.17. The van der Waals surface area contributed by atoms with Crippen LogP contribution in [0, 0.1) is 53.8 Å². The van der Waals surface area contributed by atoms with Gasteiger partial charge in [0.15, 0.2) is 0 Å².